The third-order valence-corrected chi connectivity index (χ3v) is 3.13. The number of amides is 2. The lowest BCUT2D eigenvalue weighted by Gasteiger charge is -2.13. The van der Waals surface area contributed by atoms with Crippen molar-refractivity contribution >= 4 is 29.5 Å². The van der Waals surface area contributed by atoms with Crippen LogP contribution in [0.5, 0.6) is 0 Å². The molecule has 0 aliphatic heterocycles. The van der Waals surface area contributed by atoms with Crippen LogP contribution in [0.4, 0.5) is 0 Å². The maximum absolute atomic E-state index is 12.0. The molecule has 1 rings (SSSR count). The van der Waals surface area contributed by atoms with Gasteiger partial charge in [0.2, 0.25) is 5.91 Å². The summed E-state index contributed by atoms with van der Waals surface area (Å²) < 4.78 is 0. The number of rotatable bonds is 7. The zero-order valence-corrected chi connectivity index (χ0v) is 11.8. The van der Waals surface area contributed by atoms with Gasteiger partial charge in [-0.15, -0.1) is 0 Å². The summed E-state index contributed by atoms with van der Waals surface area (Å²) in [6.07, 6.45) is 1.51. The first-order valence-electron chi connectivity index (χ1n) is 5.84. The number of benzene rings is 1. The molecule has 1 atom stereocenters. The fourth-order valence-electron chi connectivity index (χ4n) is 1.61. The highest BCUT2D eigenvalue weighted by Gasteiger charge is 2.22. The minimum absolute atomic E-state index is 0.354. The summed E-state index contributed by atoms with van der Waals surface area (Å²) in [6.45, 7) is 0. The van der Waals surface area contributed by atoms with Gasteiger partial charge in [-0.3, -0.25) is 9.59 Å². The topological polar surface area (TPSA) is 109 Å². The van der Waals surface area contributed by atoms with Gasteiger partial charge < -0.3 is 16.2 Å². The Bertz CT molecular complexity index is 519. The highest BCUT2D eigenvalue weighted by molar-refractivity contribution is 7.97. The number of hydrogen-bond donors (Lipinski definition) is 3. The van der Waals surface area contributed by atoms with E-state index in [0.29, 0.717) is 5.56 Å². The van der Waals surface area contributed by atoms with Crippen LogP contribution in [-0.2, 0) is 15.3 Å². The van der Waals surface area contributed by atoms with Crippen molar-refractivity contribution < 1.29 is 19.5 Å². The molecule has 1 aromatic carbocycles. The molecule has 1 aromatic rings. The molecule has 0 heterocycles. The summed E-state index contributed by atoms with van der Waals surface area (Å²) in [7, 11) is 0. The molecule has 0 aliphatic rings. The second-order valence-electron chi connectivity index (χ2n) is 4.17. The van der Waals surface area contributed by atoms with Gasteiger partial charge >= 0.3 is 5.97 Å². The van der Waals surface area contributed by atoms with Crippen LogP contribution in [0, 0.1) is 0 Å². The highest BCUT2D eigenvalue weighted by atomic mass is 32.2. The lowest BCUT2D eigenvalue weighted by atomic mass is 10.1. The lowest BCUT2D eigenvalue weighted by Crippen LogP contribution is -2.43. The van der Waals surface area contributed by atoms with Gasteiger partial charge in [-0.05, 0) is 24.0 Å². The van der Waals surface area contributed by atoms with Crippen molar-refractivity contribution in [2.45, 2.75) is 18.2 Å². The van der Waals surface area contributed by atoms with Gasteiger partial charge in [0.25, 0.3) is 5.91 Å². The molecule has 0 fully saturated rings. The molecule has 0 aromatic heterocycles. The molecule has 0 radical (unpaired) electrons. The van der Waals surface area contributed by atoms with Gasteiger partial charge in [0.15, 0.2) is 0 Å². The first kappa shape index (κ1) is 16.0. The molecular formula is C13H16N2O4S. The number of thioether (sulfide) groups is 1. The van der Waals surface area contributed by atoms with E-state index in [4.69, 9.17) is 10.8 Å². The fourth-order valence-corrected chi connectivity index (χ4v) is 2.12. The van der Waals surface area contributed by atoms with E-state index in [1.54, 1.807) is 30.0 Å². The monoisotopic (exact) mass is 296 g/mol. The van der Waals surface area contributed by atoms with Gasteiger partial charge in [-0.2, -0.15) is 11.8 Å². The summed E-state index contributed by atoms with van der Waals surface area (Å²) in [5.41, 5.74) is 6.27. The third-order valence-electron chi connectivity index (χ3n) is 2.51. The van der Waals surface area contributed by atoms with Crippen molar-refractivity contribution in [3.8, 4) is 0 Å². The Balaban J connectivity index is 2.80. The minimum atomic E-state index is -1.32. The molecule has 0 saturated heterocycles. The fraction of sp³-hybridized carbons (Fsp3) is 0.308. The van der Waals surface area contributed by atoms with Gasteiger partial charge in [0.05, 0.1) is 6.42 Å². The number of carbonyl (C=O) groups excluding carboxylic acids is 2. The smallest absolute Gasteiger partial charge is 0.326 e. The molecule has 2 amide bonds. The zero-order valence-electron chi connectivity index (χ0n) is 11.0. The van der Waals surface area contributed by atoms with E-state index >= 15 is 0 Å². The number of nitrogens with two attached hydrogens (primary N) is 1. The number of carboxylic acid groups (broad SMARTS) is 1. The van der Waals surface area contributed by atoms with E-state index < -0.39 is 30.2 Å². The number of hydrogen-bond acceptors (Lipinski definition) is 4. The van der Waals surface area contributed by atoms with Crippen LogP contribution in [0.25, 0.3) is 0 Å². The minimum Gasteiger partial charge on any atom is -0.480 e. The number of aliphatic carboxylic acids is 1. The molecule has 0 aliphatic carbocycles. The molecule has 0 saturated carbocycles. The van der Waals surface area contributed by atoms with Crippen LogP contribution in [0.15, 0.2) is 24.3 Å². The summed E-state index contributed by atoms with van der Waals surface area (Å²) in [4.78, 5) is 33.7. The zero-order chi connectivity index (χ0) is 15.1. The number of carbonyl (C=O) groups is 3. The van der Waals surface area contributed by atoms with Gasteiger partial charge in [-0.25, -0.2) is 4.79 Å². The van der Waals surface area contributed by atoms with Crippen LogP contribution in [0.3, 0.4) is 0 Å². The highest BCUT2D eigenvalue weighted by Crippen LogP contribution is 2.11. The predicted octanol–water partition coefficient (Wildman–Crippen LogP) is 0.608. The molecule has 7 heteroatoms. The van der Waals surface area contributed by atoms with Gasteiger partial charge in [0.1, 0.15) is 6.04 Å². The number of carboxylic acids is 1. The van der Waals surface area contributed by atoms with Crippen LogP contribution in [0.2, 0.25) is 0 Å². The standard InChI is InChI=1S/C13H16N2O4S/c1-20-7-8-3-2-4-9(5-8)12(17)15-10(13(18)19)6-11(14)16/h2-5,10H,6-7H2,1H3,(H2,14,16)(H,15,17)(H,18,19). The second-order valence-corrected chi connectivity index (χ2v) is 5.03. The maximum atomic E-state index is 12.0. The Kier molecular flexibility index (Phi) is 6.05. The van der Waals surface area contributed by atoms with E-state index in [1.165, 1.54) is 0 Å². The van der Waals surface area contributed by atoms with Crippen molar-refractivity contribution in [3.63, 3.8) is 0 Å². The van der Waals surface area contributed by atoms with Crippen LogP contribution < -0.4 is 11.1 Å². The van der Waals surface area contributed by atoms with E-state index in [9.17, 15) is 14.4 Å². The average molecular weight is 296 g/mol. The Morgan fingerprint density at radius 1 is 1.40 bits per heavy atom. The number of nitrogens with one attached hydrogen (secondary N) is 1. The van der Waals surface area contributed by atoms with Crippen LogP contribution >= 0.6 is 11.8 Å². The Hall–Kier alpha value is -2.02. The first-order valence-corrected chi connectivity index (χ1v) is 7.23. The molecule has 0 bridgehead atoms. The van der Waals surface area contributed by atoms with Crippen LogP contribution in [0.1, 0.15) is 22.3 Å². The van der Waals surface area contributed by atoms with E-state index in [1.807, 2.05) is 12.3 Å². The van der Waals surface area contributed by atoms with Gasteiger partial charge in [-0.1, -0.05) is 12.1 Å². The Labute approximate surface area is 120 Å². The molecule has 0 spiro atoms. The predicted molar refractivity (Wildman–Crippen MR) is 76.4 cm³/mol. The van der Waals surface area contributed by atoms with E-state index in [2.05, 4.69) is 5.32 Å². The normalized spacial score (nSPS) is 11.7. The summed E-state index contributed by atoms with van der Waals surface area (Å²) in [5, 5.41) is 11.2. The van der Waals surface area contributed by atoms with Crippen molar-refractivity contribution in [1.29, 1.82) is 0 Å². The Morgan fingerprint density at radius 2 is 2.10 bits per heavy atom. The summed E-state index contributed by atoms with van der Waals surface area (Å²) in [5.74, 6) is -1.86. The summed E-state index contributed by atoms with van der Waals surface area (Å²) >= 11 is 1.62. The summed E-state index contributed by atoms with van der Waals surface area (Å²) in [6, 6.07) is 5.57. The van der Waals surface area contributed by atoms with Crippen molar-refractivity contribution in [2.75, 3.05) is 6.26 Å². The molecular weight excluding hydrogens is 280 g/mol. The third kappa shape index (κ3) is 4.93. The largest absolute Gasteiger partial charge is 0.480 e. The molecule has 4 N–H and O–H groups in total. The molecule has 1 unspecified atom stereocenters. The van der Waals surface area contributed by atoms with Crippen molar-refractivity contribution in [3.05, 3.63) is 35.4 Å². The second kappa shape index (κ2) is 7.54. The van der Waals surface area contributed by atoms with Gasteiger partial charge in [0, 0.05) is 11.3 Å². The SMILES string of the molecule is CSCc1cccc(C(=O)NC(CC(N)=O)C(=O)O)c1. The van der Waals surface area contributed by atoms with Crippen molar-refractivity contribution in [1.82, 2.24) is 5.32 Å². The first-order chi connectivity index (χ1) is 9.43. The van der Waals surface area contributed by atoms with E-state index in [0.717, 1.165) is 11.3 Å². The number of primary amides is 1. The molecule has 6 nitrogen and oxygen atoms in total. The quantitative estimate of drug-likeness (QED) is 0.683. The maximum Gasteiger partial charge on any atom is 0.326 e. The van der Waals surface area contributed by atoms with E-state index in [-0.39, 0.29) is 0 Å². The van der Waals surface area contributed by atoms with Crippen LogP contribution in [-0.4, -0.2) is 35.2 Å². The lowest BCUT2D eigenvalue weighted by molar-refractivity contribution is -0.140. The van der Waals surface area contributed by atoms with Crippen molar-refractivity contribution in [2.24, 2.45) is 5.73 Å². The molecule has 108 valence electrons. The Morgan fingerprint density at radius 3 is 2.65 bits per heavy atom. The average Bonchev–Trinajstić information content (AvgIpc) is 2.38. The molecule has 20 heavy (non-hydrogen) atoms.